The number of imidazole rings is 1. The molecule has 10 nitrogen and oxygen atoms in total. The first-order valence-electron chi connectivity index (χ1n) is 9.38. The second-order valence-corrected chi connectivity index (χ2v) is 7.05. The van der Waals surface area contributed by atoms with E-state index in [-0.39, 0.29) is 35.0 Å². The van der Waals surface area contributed by atoms with E-state index in [0.717, 1.165) is 12.8 Å². The number of aromatic amines is 1. The number of benzene rings is 1. The molecule has 1 aliphatic rings. The number of carbonyl (C=O) groups is 1. The topological polar surface area (TPSA) is 148 Å². The van der Waals surface area contributed by atoms with E-state index in [2.05, 4.69) is 20.3 Å². The Kier molecular flexibility index (Phi) is 4.93. The number of aromatic nitrogens is 4. The molecular formula is C19H22N6O4. The minimum absolute atomic E-state index is 0.0574. The first kappa shape index (κ1) is 18.9. The molecule has 0 radical (unpaired) electrons. The number of nitrogens with one attached hydrogen (secondary N) is 2. The number of hydrogen-bond donors (Lipinski definition) is 4. The summed E-state index contributed by atoms with van der Waals surface area (Å²) in [6.45, 7) is 0. The zero-order valence-corrected chi connectivity index (χ0v) is 15.9. The number of fused-ring (bicyclic) bond motifs is 1. The molecule has 1 amide bonds. The molecule has 5 N–H and O–H groups in total. The molecule has 0 bridgehead atoms. The van der Waals surface area contributed by atoms with Crippen LogP contribution < -0.4 is 21.5 Å². The van der Waals surface area contributed by atoms with Gasteiger partial charge in [-0.2, -0.15) is 4.98 Å². The van der Waals surface area contributed by atoms with Crippen molar-refractivity contribution in [1.29, 1.82) is 0 Å². The van der Waals surface area contributed by atoms with Crippen LogP contribution >= 0.6 is 0 Å². The van der Waals surface area contributed by atoms with Crippen molar-refractivity contribution in [3.63, 3.8) is 0 Å². The van der Waals surface area contributed by atoms with Gasteiger partial charge in [0.15, 0.2) is 11.3 Å². The maximum absolute atomic E-state index is 12.7. The van der Waals surface area contributed by atoms with Crippen LogP contribution in [-0.4, -0.2) is 49.8 Å². The molecule has 29 heavy (non-hydrogen) atoms. The second kappa shape index (κ2) is 7.55. The number of methoxy groups -OCH3 is 1. The number of aliphatic hydroxyl groups excluding tert-OH is 1. The summed E-state index contributed by atoms with van der Waals surface area (Å²) >= 11 is 0. The van der Waals surface area contributed by atoms with Crippen LogP contribution in [0.3, 0.4) is 0 Å². The van der Waals surface area contributed by atoms with E-state index in [1.807, 2.05) is 0 Å². The minimum Gasteiger partial charge on any atom is -0.495 e. The van der Waals surface area contributed by atoms with Crippen molar-refractivity contribution in [2.75, 3.05) is 12.4 Å². The monoisotopic (exact) mass is 398 g/mol. The highest BCUT2D eigenvalue weighted by molar-refractivity contribution is 6.02. The lowest BCUT2D eigenvalue weighted by atomic mass is 9.93. The fourth-order valence-corrected chi connectivity index (χ4v) is 3.67. The highest BCUT2D eigenvalue weighted by atomic mass is 16.5. The van der Waals surface area contributed by atoms with E-state index >= 15 is 0 Å². The minimum atomic E-state index is -0.770. The van der Waals surface area contributed by atoms with Gasteiger partial charge in [0.2, 0.25) is 5.95 Å². The third-order valence-corrected chi connectivity index (χ3v) is 5.13. The molecule has 0 atom stereocenters. The number of amides is 1. The quantitative estimate of drug-likeness (QED) is 0.500. The molecule has 0 saturated heterocycles. The summed E-state index contributed by atoms with van der Waals surface area (Å²) in [4.78, 5) is 36.0. The predicted octanol–water partition coefficient (Wildman–Crippen LogP) is 0.932. The van der Waals surface area contributed by atoms with E-state index in [0.29, 0.717) is 24.3 Å². The summed E-state index contributed by atoms with van der Waals surface area (Å²) in [7, 11) is 1.51. The number of anilines is 1. The van der Waals surface area contributed by atoms with Gasteiger partial charge >= 0.3 is 5.69 Å². The Morgan fingerprint density at radius 3 is 2.69 bits per heavy atom. The number of ether oxygens (including phenoxy) is 1. The normalized spacial score (nSPS) is 19.2. The number of hydrogen-bond acceptors (Lipinski definition) is 7. The number of nitrogens with zero attached hydrogens (tertiary/aromatic N) is 3. The lowest BCUT2D eigenvalue weighted by molar-refractivity contribution is 0.0997. The van der Waals surface area contributed by atoms with Gasteiger partial charge in [-0.3, -0.25) is 4.79 Å². The standard InChI is InChI=1S/C19H22N6O4/c1-29-13-5-3-2-4-12(13)25-17-15(23-19(25)28)14(16(20)27)22-18(24-17)21-10-6-8-11(26)9-7-10/h2-5,10-11,26H,6-9H2,1H3,(H2,20,27)(H,23,28)(H,21,22,24). The van der Waals surface area contributed by atoms with Crippen LogP contribution in [0.15, 0.2) is 29.1 Å². The van der Waals surface area contributed by atoms with Crippen molar-refractivity contribution in [3.8, 4) is 11.4 Å². The average Bonchev–Trinajstić information content (AvgIpc) is 3.04. The summed E-state index contributed by atoms with van der Waals surface area (Å²) < 4.78 is 6.70. The second-order valence-electron chi connectivity index (χ2n) is 7.05. The van der Waals surface area contributed by atoms with Gasteiger partial charge in [-0.25, -0.2) is 14.3 Å². The molecular weight excluding hydrogens is 376 g/mol. The van der Waals surface area contributed by atoms with E-state index in [4.69, 9.17) is 10.5 Å². The highest BCUT2D eigenvalue weighted by Gasteiger charge is 2.24. The summed E-state index contributed by atoms with van der Waals surface area (Å²) in [5.74, 6) is -0.0891. The molecule has 10 heteroatoms. The third-order valence-electron chi connectivity index (χ3n) is 5.13. The van der Waals surface area contributed by atoms with E-state index in [1.165, 1.54) is 11.7 Å². The van der Waals surface area contributed by atoms with Gasteiger partial charge in [0.1, 0.15) is 11.3 Å². The molecule has 0 unspecified atom stereocenters. The van der Waals surface area contributed by atoms with Crippen LogP contribution in [0.5, 0.6) is 5.75 Å². The Balaban J connectivity index is 1.85. The first-order chi connectivity index (χ1) is 14.0. The van der Waals surface area contributed by atoms with Crippen molar-refractivity contribution in [2.45, 2.75) is 37.8 Å². The number of carbonyl (C=O) groups excluding carboxylic acids is 1. The van der Waals surface area contributed by atoms with Crippen LogP contribution in [-0.2, 0) is 0 Å². The molecule has 1 aromatic carbocycles. The molecule has 2 aromatic heterocycles. The summed E-state index contributed by atoms with van der Waals surface area (Å²) in [5.41, 5.74) is 5.82. The highest BCUT2D eigenvalue weighted by Crippen LogP contribution is 2.26. The van der Waals surface area contributed by atoms with Crippen molar-refractivity contribution in [1.82, 2.24) is 19.5 Å². The molecule has 1 fully saturated rings. The van der Waals surface area contributed by atoms with Crippen LogP contribution in [0, 0.1) is 0 Å². The number of aliphatic hydroxyl groups is 1. The third kappa shape index (κ3) is 3.54. The Morgan fingerprint density at radius 1 is 1.28 bits per heavy atom. The van der Waals surface area contributed by atoms with Gasteiger partial charge < -0.3 is 25.9 Å². The Bertz CT molecular complexity index is 1110. The lowest BCUT2D eigenvalue weighted by Crippen LogP contribution is -2.29. The fraction of sp³-hybridized carbons (Fsp3) is 0.368. The van der Waals surface area contributed by atoms with Gasteiger partial charge in [-0.1, -0.05) is 12.1 Å². The number of primary amides is 1. The maximum Gasteiger partial charge on any atom is 0.332 e. The number of nitrogens with two attached hydrogens (primary N) is 1. The van der Waals surface area contributed by atoms with Crippen molar-refractivity contribution in [3.05, 3.63) is 40.4 Å². The molecule has 1 saturated carbocycles. The zero-order valence-electron chi connectivity index (χ0n) is 15.9. The summed E-state index contributed by atoms with van der Waals surface area (Å²) in [5, 5.41) is 12.9. The maximum atomic E-state index is 12.7. The van der Waals surface area contributed by atoms with Crippen molar-refractivity contribution in [2.24, 2.45) is 5.73 Å². The fourth-order valence-electron chi connectivity index (χ4n) is 3.67. The number of H-pyrrole nitrogens is 1. The molecule has 4 rings (SSSR count). The first-order valence-corrected chi connectivity index (χ1v) is 9.38. The summed E-state index contributed by atoms with van der Waals surface area (Å²) in [6.07, 6.45) is 2.57. The average molecular weight is 398 g/mol. The molecule has 2 heterocycles. The van der Waals surface area contributed by atoms with Crippen LogP contribution in [0.1, 0.15) is 36.2 Å². The zero-order chi connectivity index (χ0) is 20.5. The summed E-state index contributed by atoms with van der Waals surface area (Å²) in [6, 6.07) is 7.06. The van der Waals surface area contributed by atoms with E-state index in [1.54, 1.807) is 24.3 Å². The van der Waals surface area contributed by atoms with Crippen LogP contribution in [0.25, 0.3) is 16.9 Å². The van der Waals surface area contributed by atoms with Gasteiger partial charge in [0.25, 0.3) is 5.91 Å². The Labute approximate surface area is 165 Å². The van der Waals surface area contributed by atoms with Crippen molar-refractivity contribution < 1.29 is 14.6 Å². The molecule has 3 aromatic rings. The molecule has 1 aliphatic carbocycles. The molecule has 152 valence electrons. The van der Waals surface area contributed by atoms with Gasteiger partial charge in [0.05, 0.1) is 18.9 Å². The van der Waals surface area contributed by atoms with E-state index in [9.17, 15) is 14.7 Å². The molecule has 0 spiro atoms. The number of rotatable bonds is 5. The van der Waals surface area contributed by atoms with E-state index < -0.39 is 11.6 Å². The largest absolute Gasteiger partial charge is 0.495 e. The predicted molar refractivity (Wildman–Crippen MR) is 106 cm³/mol. The van der Waals surface area contributed by atoms with Gasteiger partial charge in [0, 0.05) is 6.04 Å². The van der Waals surface area contributed by atoms with Crippen molar-refractivity contribution >= 4 is 23.0 Å². The van der Waals surface area contributed by atoms with Gasteiger partial charge in [-0.05, 0) is 37.8 Å². The number of para-hydroxylation sites is 2. The lowest BCUT2D eigenvalue weighted by Gasteiger charge is -2.26. The van der Waals surface area contributed by atoms with Crippen LogP contribution in [0.4, 0.5) is 5.95 Å². The Hall–Kier alpha value is -3.40. The molecule has 0 aliphatic heterocycles. The SMILES string of the molecule is COc1ccccc1-n1c(=O)[nH]c2c(C(N)=O)nc(NC3CCC(O)CC3)nc21. The van der Waals surface area contributed by atoms with Gasteiger partial charge in [-0.15, -0.1) is 0 Å². The smallest absolute Gasteiger partial charge is 0.332 e. The Morgan fingerprint density at radius 2 is 2.00 bits per heavy atom. The van der Waals surface area contributed by atoms with Crippen LogP contribution in [0.2, 0.25) is 0 Å².